The summed E-state index contributed by atoms with van der Waals surface area (Å²) >= 11 is 6.16. The molecule has 0 fully saturated rings. The quantitative estimate of drug-likeness (QED) is 0.776. The lowest BCUT2D eigenvalue weighted by Crippen LogP contribution is -2.28. The normalized spacial score (nSPS) is 20.0. The number of hydrogen-bond acceptors (Lipinski definition) is 5. The summed E-state index contributed by atoms with van der Waals surface area (Å²) in [4.78, 5) is 15.8. The predicted molar refractivity (Wildman–Crippen MR) is 87.3 cm³/mol. The number of benzene rings is 1. The van der Waals surface area contributed by atoms with Crippen molar-refractivity contribution in [1.82, 2.24) is 9.80 Å². The molecule has 0 radical (unpaired) electrons. The van der Waals surface area contributed by atoms with Crippen molar-refractivity contribution >= 4 is 17.5 Å². The average Bonchev–Trinajstić information content (AvgIpc) is 2.94. The highest BCUT2D eigenvalue weighted by Crippen LogP contribution is 2.35. The molecule has 2 heterocycles. The molecule has 0 bridgehead atoms. The molecule has 0 N–H and O–H groups in total. The van der Waals surface area contributed by atoms with E-state index in [1.165, 1.54) is 5.56 Å². The minimum Gasteiger partial charge on any atom is -0.492 e. The van der Waals surface area contributed by atoms with Gasteiger partial charge in [-0.3, -0.25) is 4.79 Å². The average molecular weight is 335 g/mol. The van der Waals surface area contributed by atoms with Crippen LogP contribution in [0.1, 0.15) is 11.1 Å². The Morgan fingerprint density at radius 2 is 2.22 bits per heavy atom. The number of likely N-dealkylation sites (N-methyl/N-ethyl adjacent to an activating group) is 1. The van der Waals surface area contributed by atoms with Crippen LogP contribution in [-0.4, -0.2) is 48.3 Å². The first-order chi connectivity index (χ1) is 11.1. The second-order valence-electron chi connectivity index (χ2n) is 5.87. The molecule has 1 atom stereocenters. The van der Waals surface area contributed by atoms with Gasteiger partial charge in [0, 0.05) is 25.2 Å². The highest BCUT2D eigenvalue weighted by Gasteiger charge is 2.32. The van der Waals surface area contributed by atoms with Gasteiger partial charge in [0.2, 0.25) is 0 Å². The molecule has 122 valence electrons. The molecule has 23 heavy (non-hydrogen) atoms. The van der Waals surface area contributed by atoms with Crippen LogP contribution >= 0.6 is 11.6 Å². The van der Waals surface area contributed by atoms with Crippen molar-refractivity contribution in [3.8, 4) is 5.75 Å². The molecule has 0 spiro atoms. The fourth-order valence-electron chi connectivity index (χ4n) is 2.68. The van der Waals surface area contributed by atoms with Gasteiger partial charge in [-0.15, -0.1) is 16.7 Å². The lowest BCUT2D eigenvalue weighted by Gasteiger charge is -2.24. The van der Waals surface area contributed by atoms with Crippen LogP contribution in [-0.2, 0) is 17.9 Å². The highest BCUT2D eigenvalue weighted by molar-refractivity contribution is 6.33. The van der Waals surface area contributed by atoms with Crippen molar-refractivity contribution in [2.45, 2.75) is 18.5 Å². The number of carbonyl (C=O) groups is 1. The van der Waals surface area contributed by atoms with Gasteiger partial charge in [-0.1, -0.05) is 12.1 Å². The zero-order valence-electron chi connectivity index (χ0n) is 13.2. The van der Waals surface area contributed by atoms with Gasteiger partial charge in [0.15, 0.2) is 5.38 Å². The van der Waals surface area contributed by atoms with E-state index in [4.69, 9.17) is 16.3 Å². The van der Waals surface area contributed by atoms with E-state index in [1.807, 2.05) is 26.2 Å². The zero-order valence-corrected chi connectivity index (χ0v) is 14.0. The van der Waals surface area contributed by atoms with Gasteiger partial charge in [-0.25, -0.2) is 0 Å². The van der Waals surface area contributed by atoms with E-state index in [0.29, 0.717) is 25.4 Å². The van der Waals surface area contributed by atoms with Gasteiger partial charge in [0.25, 0.3) is 5.91 Å². The van der Waals surface area contributed by atoms with E-state index >= 15 is 0 Å². The summed E-state index contributed by atoms with van der Waals surface area (Å²) in [6, 6.07) is 6.05. The van der Waals surface area contributed by atoms with E-state index in [0.717, 1.165) is 17.9 Å². The van der Waals surface area contributed by atoms with Crippen LogP contribution in [0.4, 0.5) is 0 Å². The van der Waals surface area contributed by atoms with Crippen molar-refractivity contribution in [1.29, 1.82) is 0 Å². The first-order valence-electron chi connectivity index (χ1n) is 7.48. The highest BCUT2D eigenvalue weighted by atomic mass is 35.5. The number of azo groups is 1. The number of nitrogens with zero attached hydrogens (tertiary/aromatic N) is 4. The van der Waals surface area contributed by atoms with Gasteiger partial charge in [-0.2, -0.15) is 5.11 Å². The Kier molecular flexibility index (Phi) is 4.63. The molecule has 2 aliphatic rings. The van der Waals surface area contributed by atoms with E-state index in [1.54, 1.807) is 6.20 Å². The molecule has 1 aromatic rings. The Labute approximate surface area is 140 Å². The first kappa shape index (κ1) is 16.0. The van der Waals surface area contributed by atoms with Crippen molar-refractivity contribution in [2.75, 3.05) is 27.2 Å². The van der Waals surface area contributed by atoms with Crippen LogP contribution in [0.15, 0.2) is 40.3 Å². The number of amides is 1. The summed E-state index contributed by atoms with van der Waals surface area (Å²) in [6.07, 6.45) is 1.57. The Bertz CT molecular complexity index is 672. The van der Waals surface area contributed by atoms with Crippen LogP contribution in [0.3, 0.4) is 0 Å². The molecule has 0 saturated carbocycles. The second kappa shape index (κ2) is 6.68. The predicted octanol–water partition coefficient (Wildman–Crippen LogP) is 2.38. The van der Waals surface area contributed by atoms with Crippen molar-refractivity contribution in [3.05, 3.63) is 41.2 Å². The number of fused-ring (bicyclic) bond motifs is 1. The third kappa shape index (κ3) is 3.38. The molecule has 0 aliphatic carbocycles. The van der Waals surface area contributed by atoms with Gasteiger partial charge in [0.1, 0.15) is 12.4 Å². The van der Waals surface area contributed by atoms with Crippen LogP contribution in [0.25, 0.3) is 0 Å². The number of hydrogen-bond donors (Lipinski definition) is 0. The molecule has 0 aromatic heterocycles. The fraction of sp³-hybridized carbons (Fsp3) is 0.438. The molecular weight excluding hydrogens is 316 g/mol. The maximum Gasteiger partial charge on any atom is 0.288 e. The molecule has 6 nitrogen and oxygen atoms in total. The standard InChI is InChI=1S/C16H19ClN4O2/c1-20(2)6-7-23-14-5-3-4-11-9-21(10-12(11)14)13-8-18-19-16(22)15(13)17/h3-5,8,15H,6-7,9-10H2,1-2H3. The van der Waals surface area contributed by atoms with E-state index < -0.39 is 11.3 Å². The summed E-state index contributed by atoms with van der Waals surface area (Å²) in [5.41, 5.74) is 3.03. The van der Waals surface area contributed by atoms with Gasteiger partial charge in [-0.05, 0) is 25.7 Å². The number of alkyl halides is 1. The summed E-state index contributed by atoms with van der Waals surface area (Å²) < 4.78 is 5.91. The van der Waals surface area contributed by atoms with Crippen LogP contribution in [0, 0.1) is 0 Å². The van der Waals surface area contributed by atoms with Crippen molar-refractivity contribution in [3.63, 3.8) is 0 Å². The van der Waals surface area contributed by atoms with Crippen LogP contribution in [0.2, 0.25) is 0 Å². The molecule has 7 heteroatoms. The number of halogens is 1. The third-order valence-electron chi connectivity index (χ3n) is 3.92. The van der Waals surface area contributed by atoms with Crippen molar-refractivity contribution in [2.24, 2.45) is 10.2 Å². The Morgan fingerprint density at radius 1 is 1.39 bits per heavy atom. The summed E-state index contributed by atoms with van der Waals surface area (Å²) in [7, 11) is 4.03. The summed E-state index contributed by atoms with van der Waals surface area (Å²) in [5, 5.41) is 6.45. The molecule has 1 amide bonds. The summed E-state index contributed by atoms with van der Waals surface area (Å²) in [6.45, 7) is 2.84. The maximum atomic E-state index is 11.6. The fourth-order valence-corrected chi connectivity index (χ4v) is 2.91. The first-order valence-corrected chi connectivity index (χ1v) is 7.92. The Hall–Kier alpha value is -1.92. The molecule has 3 rings (SSSR count). The van der Waals surface area contributed by atoms with Gasteiger partial charge in [0.05, 0.1) is 11.9 Å². The molecule has 2 aliphatic heterocycles. The molecule has 1 aromatic carbocycles. The number of carbonyl (C=O) groups excluding carboxylic acids is 1. The van der Waals surface area contributed by atoms with E-state index in [9.17, 15) is 4.79 Å². The van der Waals surface area contributed by atoms with Crippen molar-refractivity contribution < 1.29 is 9.53 Å². The summed E-state index contributed by atoms with van der Waals surface area (Å²) in [5.74, 6) is 0.477. The van der Waals surface area contributed by atoms with E-state index in [-0.39, 0.29) is 0 Å². The minimum absolute atomic E-state index is 0.414. The maximum absolute atomic E-state index is 11.6. The molecular formula is C16H19ClN4O2. The lowest BCUT2D eigenvalue weighted by atomic mass is 10.1. The van der Waals surface area contributed by atoms with Crippen LogP contribution in [0.5, 0.6) is 5.75 Å². The second-order valence-corrected chi connectivity index (χ2v) is 6.31. The van der Waals surface area contributed by atoms with Gasteiger partial charge < -0.3 is 14.5 Å². The van der Waals surface area contributed by atoms with Gasteiger partial charge >= 0.3 is 0 Å². The molecule has 1 unspecified atom stereocenters. The molecule has 0 saturated heterocycles. The largest absolute Gasteiger partial charge is 0.492 e. The topological polar surface area (TPSA) is 57.5 Å². The smallest absolute Gasteiger partial charge is 0.288 e. The Balaban J connectivity index is 1.75. The third-order valence-corrected chi connectivity index (χ3v) is 4.33. The number of ether oxygens (including phenoxy) is 1. The SMILES string of the molecule is CN(C)CCOc1cccc2c1CN(C1=CN=NC(=O)C1Cl)C2. The number of rotatable bonds is 5. The lowest BCUT2D eigenvalue weighted by molar-refractivity contribution is -0.117. The monoisotopic (exact) mass is 334 g/mol. The Morgan fingerprint density at radius 3 is 3.00 bits per heavy atom. The zero-order chi connectivity index (χ0) is 16.4. The van der Waals surface area contributed by atoms with E-state index in [2.05, 4.69) is 26.1 Å². The van der Waals surface area contributed by atoms with Crippen LogP contribution < -0.4 is 4.74 Å². The minimum atomic E-state index is -0.764.